The standard InChI is InChI=1S/C11H19ClN4O2/c1-4-6-11(3,17)7-13-9-14-8(12)15-10(16-9)18-5-2/h17H,4-7H2,1-3H3,(H,13,14,15,16). The summed E-state index contributed by atoms with van der Waals surface area (Å²) in [5, 5.41) is 13.0. The Morgan fingerprint density at radius 2 is 2.06 bits per heavy atom. The van der Waals surface area contributed by atoms with Crippen LogP contribution in [0.3, 0.4) is 0 Å². The molecular weight excluding hydrogens is 256 g/mol. The monoisotopic (exact) mass is 274 g/mol. The van der Waals surface area contributed by atoms with Gasteiger partial charge in [-0.2, -0.15) is 15.0 Å². The largest absolute Gasteiger partial charge is 0.464 e. The lowest BCUT2D eigenvalue weighted by molar-refractivity contribution is 0.0635. The second-order valence-electron chi connectivity index (χ2n) is 4.24. The van der Waals surface area contributed by atoms with Gasteiger partial charge in [-0.25, -0.2) is 0 Å². The summed E-state index contributed by atoms with van der Waals surface area (Å²) in [5.74, 6) is 0.301. The third-order valence-corrected chi connectivity index (χ3v) is 2.45. The number of anilines is 1. The highest BCUT2D eigenvalue weighted by atomic mass is 35.5. The maximum Gasteiger partial charge on any atom is 0.322 e. The molecule has 0 saturated carbocycles. The van der Waals surface area contributed by atoms with Crippen LogP contribution in [-0.4, -0.2) is 38.8 Å². The molecule has 7 heteroatoms. The van der Waals surface area contributed by atoms with Gasteiger partial charge in [-0.1, -0.05) is 13.3 Å². The lowest BCUT2D eigenvalue weighted by Crippen LogP contribution is -2.33. The van der Waals surface area contributed by atoms with Gasteiger partial charge in [0.25, 0.3) is 0 Å². The number of hydrogen-bond donors (Lipinski definition) is 2. The van der Waals surface area contributed by atoms with E-state index in [2.05, 4.69) is 20.3 Å². The van der Waals surface area contributed by atoms with Gasteiger partial charge in [0.1, 0.15) is 0 Å². The van der Waals surface area contributed by atoms with E-state index in [0.29, 0.717) is 25.5 Å². The SMILES string of the molecule is CCCC(C)(O)CNc1nc(Cl)nc(OCC)n1. The zero-order valence-electron chi connectivity index (χ0n) is 10.9. The van der Waals surface area contributed by atoms with Crippen LogP contribution >= 0.6 is 11.6 Å². The molecule has 1 heterocycles. The minimum absolute atomic E-state index is 0.0612. The predicted octanol–water partition coefficient (Wildman–Crippen LogP) is 1.89. The Bertz CT molecular complexity index is 387. The number of aliphatic hydroxyl groups is 1. The van der Waals surface area contributed by atoms with Gasteiger partial charge in [0.05, 0.1) is 12.2 Å². The van der Waals surface area contributed by atoms with Gasteiger partial charge < -0.3 is 15.2 Å². The van der Waals surface area contributed by atoms with Crippen LogP contribution in [0.2, 0.25) is 5.28 Å². The van der Waals surface area contributed by atoms with Gasteiger partial charge >= 0.3 is 6.01 Å². The lowest BCUT2D eigenvalue weighted by Gasteiger charge is -2.22. The van der Waals surface area contributed by atoms with Crippen molar-refractivity contribution in [3.63, 3.8) is 0 Å². The van der Waals surface area contributed by atoms with E-state index < -0.39 is 5.60 Å². The molecule has 0 aliphatic heterocycles. The smallest absolute Gasteiger partial charge is 0.322 e. The van der Waals surface area contributed by atoms with Crippen LogP contribution in [0.5, 0.6) is 6.01 Å². The zero-order valence-corrected chi connectivity index (χ0v) is 11.7. The van der Waals surface area contributed by atoms with E-state index in [0.717, 1.165) is 6.42 Å². The molecule has 2 N–H and O–H groups in total. The van der Waals surface area contributed by atoms with E-state index in [1.165, 1.54) is 0 Å². The van der Waals surface area contributed by atoms with E-state index in [4.69, 9.17) is 16.3 Å². The fraction of sp³-hybridized carbons (Fsp3) is 0.727. The molecule has 1 rings (SSSR count). The van der Waals surface area contributed by atoms with Crippen molar-refractivity contribution in [1.29, 1.82) is 0 Å². The molecule has 0 spiro atoms. The van der Waals surface area contributed by atoms with E-state index in [9.17, 15) is 5.11 Å². The van der Waals surface area contributed by atoms with Crippen LogP contribution in [0.15, 0.2) is 0 Å². The normalized spacial score (nSPS) is 14.1. The maximum absolute atomic E-state index is 10.0. The van der Waals surface area contributed by atoms with Crippen LogP contribution in [0, 0.1) is 0 Å². The van der Waals surface area contributed by atoms with Gasteiger partial charge in [0.2, 0.25) is 11.2 Å². The van der Waals surface area contributed by atoms with Crippen molar-refractivity contribution < 1.29 is 9.84 Å². The molecule has 0 fully saturated rings. The molecule has 1 unspecified atom stereocenters. The van der Waals surface area contributed by atoms with Gasteiger partial charge in [-0.05, 0) is 31.9 Å². The number of halogens is 1. The zero-order chi connectivity index (χ0) is 13.6. The summed E-state index contributed by atoms with van der Waals surface area (Å²) in [7, 11) is 0. The highest BCUT2D eigenvalue weighted by Gasteiger charge is 2.19. The summed E-state index contributed by atoms with van der Waals surface area (Å²) in [4.78, 5) is 11.8. The minimum Gasteiger partial charge on any atom is -0.464 e. The summed E-state index contributed by atoms with van der Waals surface area (Å²) in [6.07, 6.45) is 1.59. The molecule has 6 nitrogen and oxygen atoms in total. The third-order valence-electron chi connectivity index (χ3n) is 2.28. The Morgan fingerprint density at radius 1 is 1.33 bits per heavy atom. The van der Waals surface area contributed by atoms with Crippen molar-refractivity contribution in [3.05, 3.63) is 5.28 Å². The predicted molar refractivity (Wildman–Crippen MR) is 70.0 cm³/mol. The van der Waals surface area contributed by atoms with Gasteiger partial charge in [-0.3, -0.25) is 0 Å². The molecule has 1 aromatic heterocycles. The summed E-state index contributed by atoms with van der Waals surface area (Å²) in [6, 6.07) is 0.176. The van der Waals surface area contributed by atoms with Crippen LogP contribution < -0.4 is 10.1 Å². The fourth-order valence-corrected chi connectivity index (χ4v) is 1.65. The van der Waals surface area contributed by atoms with E-state index in [1.54, 1.807) is 6.92 Å². The van der Waals surface area contributed by atoms with E-state index >= 15 is 0 Å². The van der Waals surface area contributed by atoms with Crippen molar-refractivity contribution in [3.8, 4) is 6.01 Å². The summed E-state index contributed by atoms with van der Waals surface area (Å²) in [5.41, 5.74) is -0.806. The van der Waals surface area contributed by atoms with Crippen LogP contribution in [0.25, 0.3) is 0 Å². The van der Waals surface area contributed by atoms with Crippen molar-refractivity contribution >= 4 is 17.5 Å². The lowest BCUT2D eigenvalue weighted by atomic mass is 10.0. The molecule has 0 bridgehead atoms. The molecule has 0 aliphatic carbocycles. The molecular formula is C11H19ClN4O2. The molecule has 0 aromatic carbocycles. The second kappa shape index (κ2) is 6.70. The highest BCUT2D eigenvalue weighted by molar-refractivity contribution is 6.28. The van der Waals surface area contributed by atoms with Crippen molar-refractivity contribution in [1.82, 2.24) is 15.0 Å². The summed E-state index contributed by atoms with van der Waals surface area (Å²) >= 11 is 5.75. The summed E-state index contributed by atoms with van der Waals surface area (Å²) in [6.45, 7) is 6.40. The number of rotatable bonds is 7. The molecule has 0 aliphatic rings. The van der Waals surface area contributed by atoms with Crippen LogP contribution in [-0.2, 0) is 0 Å². The number of nitrogens with zero attached hydrogens (tertiary/aromatic N) is 3. The number of hydrogen-bond acceptors (Lipinski definition) is 6. The van der Waals surface area contributed by atoms with Gasteiger partial charge in [0.15, 0.2) is 0 Å². The molecule has 0 amide bonds. The van der Waals surface area contributed by atoms with Gasteiger partial charge in [0, 0.05) is 6.54 Å². The van der Waals surface area contributed by atoms with Crippen LogP contribution in [0.1, 0.15) is 33.6 Å². The number of aromatic nitrogens is 3. The van der Waals surface area contributed by atoms with Gasteiger partial charge in [-0.15, -0.1) is 0 Å². The molecule has 18 heavy (non-hydrogen) atoms. The molecule has 1 atom stereocenters. The van der Waals surface area contributed by atoms with Crippen molar-refractivity contribution in [2.75, 3.05) is 18.5 Å². The molecule has 1 aromatic rings. The Morgan fingerprint density at radius 3 is 2.67 bits per heavy atom. The van der Waals surface area contributed by atoms with E-state index in [1.807, 2.05) is 13.8 Å². The number of nitrogens with one attached hydrogen (secondary N) is 1. The Labute approximate surface area is 112 Å². The highest BCUT2D eigenvalue weighted by Crippen LogP contribution is 2.15. The quantitative estimate of drug-likeness (QED) is 0.790. The topological polar surface area (TPSA) is 80.2 Å². The first kappa shape index (κ1) is 14.9. The van der Waals surface area contributed by atoms with E-state index in [-0.39, 0.29) is 11.3 Å². The first-order valence-electron chi connectivity index (χ1n) is 5.97. The van der Waals surface area contributed by atoms with Crippen LogP contribution in [0.4, 0.5) is 5.95 Å². The first-order valence-corrected chi connectivity index (χ1v) is 6.35. The second-order valence-corrected chi connectivity index (χ2v) is 4.58. The molecule has 0 saturated heterocycles. The first-order chi connectivity index (χ1) is 8.46. The van der Waals surface area contributed by atoms with Crippen molar-refractivity contribution in [2.24, 2.45) is 0 Å². The molecule has 0 radical (unpaired) electrons. The summed E-state index contributed by atoms with van der Waals surface area (Å²) < 4.78 is 5.16. The average Bonchev–Trinajstić information content (AvgIpc) is 2.26. The third kappa shape index (κ3) is 5.01. The Kier molecular flexibility index (Phi) is 5.55. The van der Waals surface area contributed by atoms with Crippen molar-refractivity contribution in [2.45, 2.75) is 39.2 Å². The Balaban J connectivity index is 2.66. The number of ether oxygens (including phenoxy) is 1. The molecule has 102 valence electrons. The fourth-order valence-electron chi connectivity index (χ4n) is 1.50. The average molecular weight is 275 g/mol. The minimum atomic E-state index is -0.806. The Hall–Kier alpha value is -1.14. The maximum atomic E-state index is 10.0.